The molecule has 7 heteroatoms. The summed E-state index contributed by atoms with van der Waals surface area (Å²) in [5.74, 6) is -0.164. The summed E-state index contributed by atoms with van der Waals surface area (Å²) in [6, 6.07) is 23.1. The molecule has 2 aromatic heterocycles. The first-order valence-corrected chi connectivity index (χ1v) is 11.3. The quantitative estimate of drug-likeness (QED) is 0.376. The number of anilines is 1. The molecule has 0 aliphatic carbocycles. The van der Waals surface area contributed by atoms with E-state index in [1.807, 2.05) is 72.8 Å². The number of carbonyl (C=O) groups is 1. The largest absolute Gasteiger partial charge is 0.303 e. The first-order chi connectivity index (χ1) is 15.1. The van der Waals surface area contributed by atoms with E-state index in [1.54, 1.807) is 9.30 Å². The summed E-state index contributed by atoms with van der Waals surface area (Å²) in [4.78, 5) is 34.0. The molecule has 0 saturated carbocycles. The Morgan fingerprint density at radius 2 is 1.71 bits per heavy atom. The Morgan fingerprint density at radius 1 is 0.935 bits per heavy atom. The molecular formula is C24H14BrN3O2S. The minimum absolute atomic E-state index is 0.164. The fourth-order valence-electron chi connectivity index (χ4n) is 4.11. The van der Waals surface area contributed by atoms with Crippen LogP contribution in [0.1, 0.15) is 11.1 Å². The molecule has 0 unspecified atom stereocenters. The van der Waals surface area contributed by atoms with Gasteiger partial charge in [-0.15, -0.1) is 0 Å². The van der Waals surface area contributed by atoms with Gasteiger partial charge in [0.25, 0.3) is 11.5 Å². The number of fused-ring (bicyclic) bond motifs is 4. The number of nitrogens with zero attached hydrogens (tertiary/aromatic N) is 3. The number of hydrogen-bond acceptors (Lipinski definition) is 4. The number of carbonyl (C=O) groups excluding carboxylic acids is 1. The predicted molar refractivity (Wildman–Crippen MR) is 126 cm³/mol. The van der Waals surface area contributed by atoms with Crippen LogP contribution < -0.4 is 15.0 Å². The van der Waals surface area contributed by atoms with Crippen molar-refractivity contribution in [2.24, 2.45) is 0 Å². The van der Waals surface area contributed by atoms with Crippen molar-refractivity contribution in [3.63, 3.8) is 0 Å². The first kappa shape index (κ1) is 18.5. The van der Waals surface area contributed by atoms with Crippen LogP contribution in [-0.4, -0.2) is 15.3 Å². The van der Waals surface area contributed by atoms with Gasteiger partial charge in [-0.05, 0) is 35.9 Å². The minimum Gasteiger partial charge on any atom is -0.303 e. The zero-order chi connectivity index (χ0) is 21.1. The lowest BCUT2D eigenvalue weighted by molar-refractivity contribution is -0.113. The van der Waals surface area contributed by atoms with Crippen LogP contribution in [0.3, 0.4) is 0 Å². The van der Waals surface area contributed by atoms with Crippen molar-refractivity contribution in [3.8, 4) is 0 Å². The van der Waals surface area contributed by atoms with E-state index in [9.17, 15) is 9.59 Å². The summed E-state index contributed by atoms with van der Waals surface area (Å²) in [5, 5.41) is 0. The maximum Gasteiger partial charge on any atom is 0.275 e. The normalized spacial score (nSPS) is 15.3. The molecule has 0 saturated heterocycles. The summed E-state index contributed by atoms with van der Waals surface area (Å²) in [6.07, 6.45) is 0. The Morgan fingerprint density at radius 3 is 2.55 bits per heavy atom. The molecule has 1 aliphatic rings. The van der Waals surface area contributed by atoms with Gasteiger partial charge in [-0.25, -0.2) is 9.38 Å². The zero-order valence-electron chi connectivity index (χ0n) is 16.1. The third-order valence-corrected chi connectivity index (χ3v) is 7.04. The van der Waals surface area contributed by atoms with Crippen LogP contribution in [0, 0.1) is 0 Å². The van der Waals surface area contributed by atoms with E-state index in [2.05, 4.69) is 20.9 Å². The van der Waals surface area contributed by atoms with Gasteiger partial charge in [-0.1, -0.05) is 69.7 Å². The number of para-hydroxylation sites is 2. The van der Waals surface area contributed by atoms with Crippen molar-refractivity contribution in [2.75, 3.05) is 4.90 Å². The van der Waals surface area contributed by atoms with Crippen LogP contribution >= 0.6 is 27.3 Å². The predicted octanol–water partition coefficient (Wildman–Crippen LogP) is 4.14. The Kier molecular flexibility index (Phi) is 4.09. The molecular weight excluding hydrogens is 474 g/mol. The minimum atomic E-state index is -0.204. The molecule has 5 aromatic rings. The Labute approximate surface area is 189 Å². The van der Waals surface area contributed by atoms with Crippen LogP contribution in [0.4, 0.5) is 5.69 Å². The molecule has 5 nitrogen and oxygen atoms in total. The van der Waals surface area contributed by atoms with E-state index in [-0.39, 0.29) is 11.5 Å². The highest BCUT2D eigenvalue weighted by Crippen LogP contribution is 2.38. The molecule has 3 aromatic carbocycles. The Hall–Kier alpha value is -3.29. The smallest absolute Gasteiger partial charge is 0.275 e. The lowest BCUT2D eigenvalue weighted by atomic mass is 10.1. The Balaban J connectivity index is 1.63. The van der Waals surface area contributed by atoms with Gasteiger partial charge in [0, 0.05) is 10.0 Å². The molecule has 31 heavy (non-hydrogen) atoms. The SMILES string of the molecule is O=C1/C(=c2/sc3nc4ccccc4n3c2=O)c2cc(Br)ccc2N1Cc1ccccc1. The number of thiazole rings is 1. The summed E-state index contributed by atoms with van der Waals surface area (Å²) in [7, 11) is 0. The van der Waals surface area contributed by atoms with Gasteiger partial charge >= 0.3 is 0 Å². The maximum absolute atomic E-state index is 13.6. The number of imidazole rings is 1. The van der Waals surface area contributed by atoms with Crippen LogP contribution in [0.5, 0.6) is 0 Å². The number of aromatic nitrogens is 2. The van der Waals surface area contributed by atoms with Crippen LogP contribution in [0.25, 0.3) is 21.6 Å². The molecule has 0 N–H and O–H groups in total. The van der Waals surface area contributed by atoms with Crippen LogP contribution in [0.15, 0.2) is 82.1 Å². The molecule has 1 amide bonds. The lowest BCUT2D eigenvalue weighted by Gasteiger charge is -2.17. The van der Waals surface area contributed by atoms with E-state index in [4.69, 9.17) is 0 Å². The van der Waals surface area contributed by atoms with E-state index >= 15 is 0 Å². The van der Waals surface area contributed by atoms with E-state index in [1.165, 1.54) is 11.3 Å². The van der Waals surface area contributed by atoms with Gasteiger partial charge < -0.3 is 4.90 Å². The molecule has 0 fully saturated rings. The lowest BCUT2D eigenvalue weighted by Crippen LogP contribution is -2.31. The van der Waals surface area contributed by atoms with Crippen LogP contribution in [0.2, 0.25) is 0 Å². The molecule has 3 heterocycles. The molecule has 0 bridgehead atoms. The summed E-state index contributed by atoms with van der Waals surface area (Å²) in [6.45, 7) is 0.442. The molecule has 0 atom stereocenters. The topological polar surface area (TPSA) is 54.7 Å². The van der Waals surface area contributed by atoms with Gasteiger partial charge in [0.05, 0.1) is 28.8 Å². The molecule has 0 spiro atoms. The van der Waals surface area contributed by atoms with Gasteiger partial charge in [-0.3, -0.25) is 9.59 Å². The second-order valence-electron chi connectivity index (χ2n) is 7.37. The standard InChI is InChI=1S/C24H14BrN3O2S/c25-15-10-11-18-16(12-15)20(22(29)27(18)13-14-6-2-1-3-7-14)21-23(30)28-19-9-5-4-8-17(19)26-24(28)31-21/h1-12H,13H2/b21-20+. The van der Waals surface area contributed by atoms with Crippen molar-refractivity contribution in [2.45, 2.75) is 6.54 Å². The van der Waals surface area contributed by atoms with Crippen LogP contribution in [-0.2, 0) is 11.3 Å². The van der Waals surface area contributed by atoms with Crippen molar-refractivity contribution in [1.29, 1.82) is 0 Å². The van der Waals surface area contributed by atoms with E-state index in [0.717, 1.165) is 32.3 Å². The van der Waals surface area contributed by atoms with Gasteiger partial charge in [-0.2, -0.15) is 0 Å². The number of rotatable bonds is 2. The number of halogens is 1. The van der Waals surface area contributed by atoms with Crippen molar-refractivity contribution in [3.05, 3.63) is 103 Å². The maximum atomic E-state index is 13.6. The summed E-state index contributed by atoms with van der Waals surface area (Å²) >= 11 is 4.78. The second-order valence-corrected chi connectivity index (χ2v) is 9.26. The van der Waals surface area contributed by atoms with Crippen molar-refractivity contribution < 1.29 is 4.79 Å². The molecule has 1 aliphatic heterocycles. The highest BCUT2D eigenvalue weighted by atomic mass is 79.9. The van der Waals surface area contributed by atoms with Crippen molar-refractivity contribution >= 4 is 60.4 Å². The van der Waals surface area contributed by atoms with E-state index < -0.39 is 0 Å². The number of benzene rings is 3. The summed E-state index contributed by atoms with van der Waals surface area (Å²) < 4.78 is 2.89. The highest BCUT2D eigenvalue weighted by Gasteiger charge is 2.34. The highest BCUT2D eigenvalue weighted by molar-refractivity contribution is 9.10. The van der Waals surface area contributed by atoms with Gasteiger partial charge in [0.15, 0.2) is 4.96 Å². The Bertz CT molecular complexity index is 1620. The fraction of sp³-hybridized carbons (Fsp3) is 0.0417. The van der Waals surface area contributed by atoms with E-state index in [0.29, 0.717) is 21.6 Å². The average molecular weight is 488 g/mol. The monoisotopic (exact) mass is 487 g/mol. The first-order valence-electron chi connectivity index (χ1n) is 9.72. The fourth-order valence-corrected chi connectivity index (χ4v) is 5.55. The number of amides is 1. The van der Waals surface area contributed by atoms with Gasteiger partial charge in [0.2, 0.25) is 0 Å². The second kappa shape index (κ2) is 6.87. The number of hydrogen-bond donors (Lipinski definition) is 0. The summed E-state index contributed by atoms with van der Waals surface area (Å²) in [5.41, 5.74) is 4.37. The molecule has 6 rings (SSSR count). The molecule has 0 radical (unpaired) electrons. The van der Waals surface area contributed by atoms with Gasteiger partial charge in [0.1, 0.15) is 4.53 Å². The molecule has 150 valence electrons. The average Bonchev–Trinajstić information content (AvgIpc) is 3.38. The third kappa shape index (κ3) is 2.77. The third-order valence-electron chi connectivity index (χ3n) is 5.51. The zero-order valence-corrected chi connectivity index (χ0v) is 18.5. The van der Waals surface area contributed by atoms with Crippen molar-refractivity contribution in [1.82, 2.24) is 9.38 Å².